The first-order valence-electron chi connectivity index (χ1n) is 7.49. The molecule has 1 N–H and O–H groups in total. The lowest BCUT2D eigenvalue weighted by Gasteiger charge is -2.47. The Balaban J connectivity index is 1.84. The van der Waals surface area contributed by atoms with Crippen LogP contribution in [-0.4, -0.2) is 42.3 Å². The maximum atomic E-state index is 6.11. The smallest absolute Gasteiger partial charge is 0.0760 e. The van der Waals surface area contributed by atoms with Crippen LogP contribution >= 0.6 is 0 Å². The monoisotopic (exact) mass is 276 g/mol. The van der Waals surface area contributed by atoms with Crippen molar-refractivity contribution in [2.45, 2.75) is 45.8 Å². The first-order chi connectivity index (χ1) is 9.26. The number of anilines is 1. The number of benzene rings is 1. The second kappa shape index (κ2) is 5.74. The average Bonchev–Trinajstić information content (AvgIpc) is 2.24. The van der Waals surface area contributed by atoms with Crippen molar-refractivity contribution in [2.75, 3.05) is 31.5 Å². The Hall–Kier alpha value is -1.06. The van der Waals surface area contributed by atoms with Gasteiger partial charge < -0.3 is 10.1 Å². The van der Waals surface area contributed by atoms with Gasteiger partial charge in [-0.1, -0.05) is 12.1 Å². The molecule has 1 aromatic carbocycles. The Morgan fingerprint density at radius 1 is 1.15 bits per heavy atom. The summed E-state index contributed by atoms with van der Waals surface area (Å²) in [4.78, 5) is 2.49. The third kappa shape index (κ3) is 4.50. The number of hydrogen-bond acceptors (Lipinski definition) is 3. The number of ether oxygens (including phenoxy) is 1. The molecule has 3 heteroatoms. The molecule has 112 valence electrons. The number of hydrogen-bond donors (Lipinski definition) is 1. The van der Waals surface area contributed by atoms with Gasteiger partial charge in [0.25, 0.3) is 0 Å². The van der Waals surface area contributed by atoms with E-state index >= 15 is 0 Å². The van der Waals surface area contributed by atoms with Crippen LogP contribution in [0.4, 0.5) is 5.69 Å². The van der Waals surface area contributed by atoms with Gasteiger partial charge in [0, 0.05) is 31.9 Å². The molecule has 1 aliphatic rings. The molecule has 0 unspecified atom stereocenters. The zero-order valence-corrected chi connectivity index (χ0v) is 13.5. The molecule has 0 saturated carbocycles. The Bertz CT molecular complexity index is 438. The molecule has 1 aromatic rings. The Morgan fingerprint density at radius 2 is 1.80 bits per heavy atom. The van der Waals surface area contributed by atoms with Crippen LogP contribution in [0.5, 0.6) is 0 Å². The molecule has 1 aliphatic heterocycles. The lowest BCUT2D eigenvalue weighted by molar-refractivity contribution is -0.179. The summed E-state index contributed by atoms with van der Waals surface area (Å²) >= 11 is 0. The van der Waals surface area contributed by atoms with E-state index < -0.39 is 0 Å². The van der Waals surface area contributed by atoms with Gasteiger partial charge in [-0.3, -0.25) is 4.90 Å². The maximum Gasteiger partial charge on any atom is 0.0760 e. The summed E-state index contributed by atoms with van der Waals surface area (Å²) in [5.74, 6) is 0. The molecule has 0 radical (unpaired) electrons. The zero-order valence-electron chi connectivity index (χ0n) is 13.5. The van der Waals surface area contributed by atoms with Crippen molar-refractivity contribution in [2.24, 2.45) is 0 Å². The van der Waals surface area contributed by atoms with E-state index in [1.165, 1.54) is 11.3 Å². The number of rotatable bonds is 4. The molecule has 0 spiro atoms. The van der Waals surface area contributed by atoms with E-state index in [9.17, 15) is 0 Å². The van der Waals surface area contributed by atoms with Gasteiger partial charge >= 0.3 is 0 Å². The van der Waals surface area contributed by atoms with Gasteiger partial charge in [0.2, 0.25) is 0 Å². The number of morpholine rings is 1. The molecule has 20 heavy (non-hydrogen) atoms. The maximum absolute atomic E-state index is 6.11. The van der Waals surface area contributed by atoms with Gasteiger partial charge in [-0.15, -0.1) is 0 Å². The van der Waals surface area contributed by atoms with Crippen LogP contribution in [0.25, 0.3) is 0 Å². The van der Waals surface area contributed by atoms with Crippen molar-refractivity contribution in [1.29, 1.82) is 0 Å². The fourth-order valence-electron chi connectivity index (χ4n) is 3.22. The summed E-state index contributed by atoms with van der Waals surface area (Å²) in [6.07, 6.45) is 0. The second-order valence-electron chi connectivity index (χ2n) is 7.13. The van der Waals surface area contributed by atoms with Crippen LogP contribution in [0.15, 0.2) is 24.3 Å². The molecule has 2 rings (SSSR count). The predicted octanol–water partition coefficient (Wildman–Crippen LogP) is 3.30. The highest BCUT2D eigenvalue weighted by Crippen LogP contribution is 2.27. The molecule has 0 bridgehead atoms. The molecule has 0 atom stereocenters. The van der Waals surface area contributed by atoms with E-state index in [4.69, 9.17) is 4.74 Å². The van der Waals surface area contributed by atoms with E-state index in [-0.39, 0.29) is 11.2 Å². The molecule has 0 aromatic heterocycles. The summed E-state index contributed by atoms with van der Waals surface area (Å²) in [5, 5.41) is 3.50. The third-order valence-electron chi connectivity index (χ3n) is 3.54. The Morgan fingerprint density at radius 3 is 2.40 bits per heavy atom. The van der Waals surface area contributed by atoms with Crippen molar-refractivity contribution >= 4 is 5.69 Å². The highest BCUT2D eigenvalue weighted by molar-refractivity contribution is 5.45. The molecule has 1 fully saturated rings. The van der Waals surface area contributed by atoms with Crippen LogP contribution in [0.1, 0.15) is 33.3 Å². The van der Waals surface area contributed by atoms with E-state index in [0.717, 1.165) is 26.2 Å². The molecular formula is C17H28N2O. The zero-order chi connectivity index (χ0) is 14.8. The summed E-state index contributed by atoms with van der Waals surface area (Å²) in [6.45, 7) is 14.8. The number of nitrogens with zero attached hydrogens (tertiary/aromatic N) is 1. The minimum Gasteiger partial charge on any atom is -0.384 e. The van der Waals surface area contributed by atoms with Crippen LogP contribution in [0.2, 0.25) is 0 Å². The molecule has 1 heterocycles. The first-order valence-corrected chi connectivity index (χ1v) is 7.49. The summed E-state index contributed by atoms with van der Waals surface area (Å²) in [7, 11) is 0. The highest BCUT2D eigenvalue weighted by Gasteiger charge is 2.37. The van der Waals surface area contributed by atoms with Gasteiger partial charge in [-0.05, 0) is 52.3 Å². The fourth-order valence-corrected chi connectivity index (χ4v) is 3.22. The van der Waals surface area contributed by atoms with Gasteiger partial charge in [-0.2, -0.15) is 0 Å². The third-order valence-corrected chi connectivity index (χ3v) is 3.54. The van der Waals surface area contributed by atoms with Crippen molar-refractivity contribution in [1.82, 2.24) is 4.90 Å². The quantitative estimate of drug-likeness (QED) is 0.913. The Labute approximate surface area is 123 Å². The van der Waals surface area contributed by atoms with Crippen LogP contribution in [-0.2, 0) is 4.74 Å². The lowest BCUT2D eigenvalue weighted by Crippen LogP contribution is -2.57. The lowest BCUT2D eigenvalue weighted by atomic mass is 9.99. The number of nitrogens with one attached hydrogen (secondary N) is 1. The second-order valence-corrected chi connectivity index (χ2v) is 7.13. The van der Waals surface area contributed by atoms with E-state index in [1.54, 1.807) is 0 Å². The van der Waals surface area contributed by atoms with Crippen LogP contribution in [0.3, 0.4) is 0 Å². The summed E-state index contributed by atoms with van der Waals surface area (Å²) in [5.41, 5.74) is 2.37. The van der Waals surface area contributed by atoms with Crippen LogP contribution in [0, 0.1) is 6.92 Å². The minimum absolute atomic E-state index is 0.0644. The van der Waals surface area contributed by atoms with Crippen LogP contribution < -0.4 is 5.32 Å². The molecule has 0 aliphatic carbocycles. The largest absolute Gasteiger partial charge is 0.384 e. The van der Waals surface area contributed by atoms with Crippen molar-refractivity contribution in [3.8, 4) is 0 Å². The van der Waals surface area contributed by atoms with E-state index in [1.807, 2.05) is 0 Å². The van der Waals surface area contributed by atoms with E-state index in [0.29, 0.717) is 0 Å². The molecule has 0 amide bonds. The average molecular weight is 276 g/mol. The number of aryl methyl sites for hydroxylation is 1. The van der Waals surface area contributed by atoms with E-state index in [2.05, 4.69) is 69.1 Å². The van der Waals surface area contributed by atoms with Gasteiger partial charge in [0.05, 0.1) is 11.2 Å². The van der Waals surface area contributed by atoms with Crippen molar-refractivity contribution < 1.29 is 4.74 Å². The Kier molecular flexibility index (Phi) is 4.40. The van der Waals surface area contributed by atoms with Crippen molar-refractivity contribution in [3.05, 3.63) is 29.8 Å². The molecule has 1 saturated heterocycles. The van der Waals surface area contributed by atoms with Gasteiger partial charge in [-0.25, -0.2) is 0 Å². The molecule has 3 nitrogen and oxygen atoms in total. The highest BCUT2D eigenvalue weighted by atomic mass is 16.5. The normalized spacial score (nSPS) is 21.6. The van der Waals surface area contributed by atoms with Gasteiger partial charge in [0.15, 0.2) is 0 Å². The topological polar surface area (TPSA) is 24.5 Å². The predicted molar refractivity (Wildman–Crippen MR) is 85.4 cm³/mol. The first kappa shape index (κ1) is 15.3. The minimum atomic E-state index is -0.0644. The van der Waals surface area contributed by atoms with Gasteiger partial charge in [0.1, 0.15) is 0 Å². The fraction of sp³-hybridized carbons (Fsp3) is 0.647. The summed E-state index contributed by atoms with van der Waals surface area (Å²) < 4.78 is 6.11. The van der Waals surface area contributed by atoms with Crippen molar-refractivity contribution in [3.63, 3.8) is 0 Å². The summed E-state index contributed by atoms with van der Waals surface area (Å²) in [6, 6.07) is 8.53. The molecular weight excluding hydrogens is 248 g/mol. The standard InChI is InChI=1S/C17H28N2O/c1-14-7-6-8-15(11-14)18-9-10-19-12-16(2,3)20-17(4,5)13-19/h6-8,11,18H,9-10,12-13H2,1-5H3. The SMILES string of the molecule is Cc1cccc(NCCN2CC(C)(C)OC(C)(C)C2)c1.